The van der Waals surface area contributed by atoms with Gasteiger partial charge in [-0.3, -0.25) is 4.68 Å². The molecule has 9 heteroatoms. The van der Waals surface area contributed by atoms with Gasteiger partial charge in [-0.05, 0) is 12.1 Å². The second-order valence-electron chi connectivity index (χ2n) is 5.95. The molecule has 0 unspecified atom stereocenters. The Bertz CT molecular complexity index is 880. The summed E-state index contributed by atoms with van der Waals surface area (Å²) in [5.74, 6) is 0.752. The third-order valence-electron chi connectivity index (χ3n) is 4.27. The second-order valence-corrected chi connectivity index (χ2v) is 7.86. The topological polar surface area (TPSA) is 82.9 Å². The van der Waals surface area contributed by atoms with E-state index in [1.807, 2.05) is 13.2 Å². The molecule has 0 aliphatic carbocycles. The molecule has 0 radical (unpaired) electrons. The van der Waals surface area contributed by atoms with E-state index in [9.17, 15) is 8.42 Å². The lowest BCUT2D eigenvalue weighted by molar-refractivity contribution is -0.00266. The van der Waals surface area contributed by atoms with Crippen LogP contribution in [0.15, 0.2) is 35.5 Å². The largest absolute Gasteiger partial charge is 0.486 e. The Balaban J connectivity index is 1.64. The number of aromatic nitrogens is 2. The lowest BCUT2D eigenvalue weighted by Crippen LogP contribution is -2.42. The number of ether oxygens (including phenoxy) is 3. The first-order valence-corrected chi connectivity index (χ1v) is 9.48. The Labute approximate surface area is 145 Å². The lowest BCUT2D eigenvalue weighted by atomic mass is 10.2. The Morgan fingerprint density at radius 2 is 2.04 bits per heavy atom. The van der Waals surface area contributed by atoms with Gasteiger partial charge in [-0.1, -0.05) is 6.07 Å². The summed E-state index contributed by atoms with van der Waals surface area (Å²) in [5.41, 5.74) is 0.858. The van der Waals surface area contributed by atoms with E-state index in [2.05, 4.69) is 5.10 Å². The molecular formula is C16H19N3O5S. The highest BCUT2D eigenvalue weighted by Gasteiger charge is 2.35. The fraction of sp³-hybridized carbons (Fsp3) is 0.438. The fourth-order valence-corrected chi connectivity index (χ4v) is 4.61. The van der Waals surface area contributed by atoms with Crippen molar-refractivity contribution in [2.45, 2.75) is 11.0 Å². The number of fused-ring (bicyclic) bond motifs is 1. The van der Waals surface area contributed by atoms with Gasteiger partial charge in [0.15, 0.2) is 11.5 Å². The molecule has 0 spiro atoms. The standard InChI is InChI=1S/C16H19N3O5S/c1-18-10-12(9-17-18)14-11-19(5-6-22-14)25(20,21)15-4-2-3-13-16(15)24-8-7-23-13/h2-4,9-10,14H,5-8,11H2,1H3/t14-/m0/s1. The number of benzene rings is 1. The van der Waals surface area contributed by atoms with E-state index in [1.54, 1.807) is 29.1 Å². The summed E-state index contributed by atoms with van der Waals surface area (Å²) in [6.07, 6.45) is 3.19. The third kappa shape index (κ3) is 2.99. The Hall–Kier alpha value is -2.10. The highest BCUT2D eigenvalue weighted by molar-refractivity contribution is 7.89. The molecule has 0 amide bonds. The highest BCUT2D eigenvalue weighted by Crippen LogP contribution is 2.38. The molecule has 0 bridgehead atoms. The van der Waals surface area contributed by atoms with Crippen LogP contribution in [0.4, 0.5) is 0 Å². The van der Waals surface area contributed by atoms with E-state index in [-0.39, 0.29) is 23.3 Å². The molecule has 8 nitrogen and oxygen atoms in total. The van der Waals surface area contributed by atoms with Crippen LogP contribution in [0.3, 0.4) is 0 Å². The molecule has 1 atom stereocenters. The molecule has 134 valence electrons. The molecule has 2 aliphatic rings. The van der Waals surface area contributed by atoms with E-state index in [0.29, 0.717) is 32.1 Å². The molecule has 3 heterocycles. The molecule has 2 aliphatic heterocycles. The maximum atomic E-state index is 13.2. The molecule has 1 aromatic carbocycles. The van der Waals surface area contributed by atoms with Crippen LogP contribution >= 0.6 is 0 Å². The monoisotopic (exact) mass is 365 g/mol. The van der Waals surface area contributed by atoms with Crippen LogP contribution in [-0.4, -0.2) is 55.4 Å². The summed E-state index contributed by atoms with van der Waals surface area (Å²) in [6.45, 7) is 1.60. The van der Waals surface area contributed by atoms with Gasteiger partial charge >= 0.3 is 0 Å². The number of nitrogens with zero attached hydrogens (tertiary/aromatic N) is 3. The average Bonchev–Trinajstić information content (AvgIpc) is 3.08. The van der Waals surface area contributed by atoms with Crippen LogP contribution in [0.2, 0.25) is 0 Å². The minimum Gasteiger partial charge on any atom is -0.486 e. The maximum absolute atomic E-state index is 13.2. The minimum absolute atomic E-state index is 0.136. The van der Waals surface area contributed by atoms with Crippen LogP contribution in [-0.2, 0) is 21.8 Å². The van der Waals surface area contributed by atoms with E-state index >= 15 is 0 Å². The van der Waals surface area contributed by atoms with Gasteiger partial charge in [-0.15, -0.1) is 0 Å². The van der Waals surface area contributed by atoms with Gasteiger partial charge in [0.05, 0.1) is 18.9 Å². The first-order chi connectivity index (χ1) is 12.1. The molecule has 1 saturated heterocycles. The van der Waals surface area contributed by atoms with Gasteiger partial charge in [0.1, 0.15) is 18.1 Å². The van der Waals surface area contributed by atoms with Crippen LogP contribution in [0.25, 0.3) is 0 Å². The maximum Gasteiger partial charge on any atom is 0.247 e. The predicted molar refractivity (Wildman–Crippen MR) is 88.1 cm³/mol. The summed E-state index contributed by atoms with van der Waals surface area (Å²) < 4.78 is 46.2. The highest BCUT2D eigenvalue weighted by atomic mass is 32.2. The Morgan fingerprint density at radius 1 is 1.20 bits per heavy atom. The van der Waals surface area contributed by atoms with Crippen molar-refractivity contribution >= 4 is 10.0 Å². The molecule has 1 fully saturated rings. The van der Waals surface area contributed by atoms with E-state index < -0.39 is 10.0 Å². The summed E-state index contributed by atoms with van der Waals surface area (Å²) in [4.78, 5) is 0.136. The molecule has 25 heavy (non-hydrogen) atoms. The van der Waals surface area contributed by atoms with Crippen molar-refractivity contribution in [3.63, 3.8) is 0 Å². The Morgan fingerprint density at radius 3 is 2.84 bits per heavy atom. The van der Waals surface area contributed by atoms with Gasteiger partial charge in [0, 0.05) is 31.9 Å². The smallest absolute Gasteiger partial charge is 0.247 e. The van der Waals surface area contributed by atoms with Crippen LogP contribution < -0.4 is 9.47 Å². The average molecular weight is 365 g/mol. The summed E-state index contributed by atoms with van der Waals surface area (Å²) in [5, 5.41) is 4.13. The van der Waals surface area contributed by atoms with Crippen molar-refractivity contribution in [3.05, 3.63) is 36.2 Å². The van der Waals surface area contributed by atoms with Crippen LogP contribution in [0, 0.1) is 0 Å². The van der Waals surface area contributed by atoms with Crippen molar-refractivity contribution in [1.82, 2.24) is 14.1 Å². The third-order valence-corrected chi connectivity index (χ3v) is 6.16. The first-order valence-electron chi connectivity index (χ1n) is 8.04. The second kappa shape index (κ2) is 6.32. The number of rotatable bonds is 3. The number of morpholine rings is 1. The molecular weight excluding hydrogens is 346 g/mol. The summed E-state index contributed by atoms with van der Waals surface area (Å²) in [6, 6.07) is 4.93. The predicted octanol–water partition coefficient (Wildman–Crippen LogP) is 0.954. The quantitative estimate of drug-likeness (QED) is 0.806. The summed E-state index contributed by atoms with van der Waals surface area (Å²) in [7, 11) is -1.90. The molecule has 0 saturated carbocycles. The van der Waals surface area contributed by atoms with Crippen molar-refractivity contribution in [2.75, 3.05) is 32.9 Å². The fourth-order valence-electron chi connectivity index (χ4n) is 3.04. The van der Waals surface area contributed by atoms with Crippen LogP contribution in [0.1, 0.15) is 11.7 Å². The van der Waals surface area contributed by atoms with Gasteiger partial charge < -0.3 is 14.2 Å². The minimum atomic E-state index is -3.72. The molecule has 4 rings (SSSR count). The van der Waals surface area contributed by atoms with Crippen LogP contribution in [0.5, 0.6) is 11.5 Å². The Kier molecular flexibility index (Phi) is 4.14. The van der Waals surface area contributed by atoms with E-state index in [4.69, 9.17) is 14.2 Å². The zero-order valence-corrected chi connectivity index (χ0v) is 14.6. The van der Waals surface area contributed by atoms with Crippen molar-refractivity contribution in [3.8, 4) is 11.5 Å². The van der Waals surface area contributed by atoms with Gasteiger partial charge in [-0.2, -0.15) is 9.40 Å². The van der Waals surface area contributed by atoms with E-state index in [1.165, 1.54) is 4.31 Å². The van der Waals surface area contributed by atoms with Gasteiger partial charge in [0.25, 0.3) is 0 Å². The number of aryl methyl sites for hydroxylation is 1. The van der Waals surface area contributed by atoms with Crippen molar-refractivity contribution < 1.29 is 22.6 Å². The first kappa shape index (κ1) is 16.4. The van der Waals surface area contributed by atoms with Gasteiger partial charge in [-0.25, -0.2) is 8.42 Å². The zero-order valence-electron chi connectivity index (χ0n) is 13.8. The number of hydrogen-bond donors (Lipinski definition) is 0. The SMILES string of the molecule is Cn1cc([C@@H]2CN(S(=O)(=O)c3cccc4c3OCCO4)CCO2)cn1. The molecule has 0 N–H and O–H groups in total. The summed E-state index contributed by atoms with van der Waals surface area (Å²) >= 11 is 0. The lowest BCUT2D eigenvalue weighted by Gasteiger charge is -2.32. The number of para-hydroxylation sites is 1. The number of sulfonamides is 1. The molecule has 2 aromatic rings. The molecule has 1 aromatic heterocycles. The van der Waals surface area contributed by atoms with E-state index in [0.717, 1.165) is 5.56 Å². The normalized spacial score (nSPS) is 21.2. The van der Waals surface area contributed by atoms with Gasteiger partial charge in [0.2, 0.25) is 10.0 Å². The van der Waals surface area contributed by atoms with Crippen molar-refractivity contribution in [2.24, 2.45) is 7.05 Å². The number of hydrogen-bond acceptors (Lipinski definition) is 6. The zero-order chi connectivity index (χ0) is 17.4. The van der Waals surface area contributed by atoms with Crippen molar-refractivity contribution in [1.29, 1.82) is 0 Å².